The zero-order valence-electron chi connectivity index (χ0n) is 17.0. The van der Waals surface area contributed by atoms with Crippen LogP contribution in [-0.2, 0) is 22.5 Å². The van der Waals surface area contributed by atoms with Gasteiger partial charge < -0.3 is 19.5 Å². The second-order valence-corrected chi connectivity index (χ2v) is 8.07. The van der Waals surface area contributed by atoms with Crippen LogP contribution in [0.4, 0.5) is 4.79 Å². The van der Waals surface area contributed by atoms with Gasteiger partial charge in [-0.05, 0) is 62.6 Å². The van der Waals surface area contributed by atoms with E-state index in [9.17, 15) is 4.79 Å². The van der Waals surface area contributed by atoms with Crippen LogP contribution < -0.4 is 10.1 Å². The zero-order valence-corrected chi connectivity index (χ0v) is 17.0. The van der Waals surface area contributed by atoms with Gasteiger partial charge >= 0.3 is 6.09 Å². The highest BCUT2D eigenvalue weighted by Gasteiger charge is 2.34. The van der Waals surface area contributed by atoms with Crippen LogP contribution in [0.3, 0.4) is 0 Å². The molecular formula is C23H26N2O4. The molecule has 0 aliphatic carbocycles. The Balaban J connectivity index is 1.54. The van der Waals surface area contributed by atoms with Gasteiger partial charge in [0.25, 0.3) is 0 Å². The van der Waals surface area contributed by atoms with Crippen molar-refractivity contribution in [1.82, 2.24) is 5.32 Å². The van der Waals surface area contributed by atoms with Crippen molar-refractivity contribution < 1.29 is 19.0 Å². The maximum atomic E-state index is 12.1. The highest BCUT2D eigenvalue weighted by atomic mass is 16.6. The molecule has 2 aromatic carbocycles. The molecule has 1 amide bonds. The van der Waals surface area contributed by atoms with E-state index in [0.29, 0.717) is 25.2 Å². The van der Waals surface area contributed by atoms with Gasteiger partial charge in [0.05, 0.1) is 24.3 Å². The molecule has 6 nitrogen and oxygen atoms in total. The summed E-state index contributed by atoms with van der Waals surface area (Å²) in [4.78, 5) is 12.1. The first-order valence-corrected chi connectivity index (χ1v) is 9.64. The Morgan fingerprint density at radius 3 is 2.59 bits per heavy atom. The van der Waals surface area contributed by atoms with Gasteiger partial charge in [0, 0.05) is 0 Å². The lowest BCUT2D eigenvalue weighted by molar-refractivity contribution is 0.0495. The number of hydrogen-bond donors (Lipinski definition) is 1. The minimum absolute atomic E-state index is 0.0193. The number of alkyl carbamates (subject to hydrolysis) is 1. The summed E-state index contributed by atoms with van der Waals surface area (Å²) >= 11 is 0. The van der Waals surface area contributed by atoms with E-state index in [4.69, 9.17) is 19.5 Å². The van der Waals surface area contributed by atoms with Crippen molar-refractivity contribution in [2.24, 2.45) is 0 Å². The van der Waals surface area contributed by atoms with E-state index >= 15 is 0 Å². The van der Waals surface area contributed by atoms with Crippen molar-refractivity contribution in [3.8, 4) is 11.8 Å². The van der Waals surface area contributed by atoms with Gasteiger partial charge in [-0.3, -0.25) is 0 Å². The standard InChI is InChI=1S/C23H26N2O4/c1-23(2,3)29-22(26)25-20(21-15-28-21)12-16-7-9-19(10-8-16)27-14-18-6-4-5-17(11-18)13-24/h4-11,20-21H,12,14-15H2,1-3H3,(H,25,26)/t20-,21?/m0/s1. The monoisotopic (exact) mass is 394 g/mol. The number of amides is 1. The molecule has 0 saturated carbocycles. The quantitative estimate of drug-likeness (QED) is 0.719. The molecule has 0 aromatic heterocycles. The highest BCUT2D eigenvalue weighted by molar-refractivity contribution is 5.68. The number of rotatable bonds is 7. The third-order valence-corrected chi connectivity index (χ3v) is 4.35. The van der Waals surface area contributed by atoms with E-state index in [-0.39, 0.29) is 12.1 Å². The van der Waals surface area contributed by atoms with E-state index in [1.54, 1.807) is 6.07 Å². The van der Waals surface area contributed by atoms with Crippen LogP contribution in [0.25, 0.3) is 0 Å². The average molecular weight is 394 g/mol. The van der Waals surface area contributed by atoms with Gasteiger partial charge in [-0.15, -0.1) is 0 Å². The van der Waals surface area contributed by atoms with Crippen molar-refractivity contribution in [2.75, 3.05) is 6.61 Å². The molecule has 0 bridgehead atoms. The first-order valence-electron chi connectivity index (χ1n) is 9.64. The SMILES string of the molecule is CC(C)(C)OC(=O)N[C@@H](Cc1ccc(OCc2cccc(C#N)c2)cc1)C1CO1. The van der Waals surface area contributed by atoms with Crippen LogP contribution in [0.1, 0.15) is 37.5 Å². The molecule has 2 aromatic rings. The number of benzene rings is 2. The smallest absolute Gasteiger partial charge is 0.407 e. The number of carbonyl (C=O) groups is 1. The fourth-order valence-electron chi connectivity index (χ4n) is 2.90. The van der Waals surface area contributed by atoms with E-state index in [2.05, 4.69) is 11.4 Å². The number of epoxide rings is 1. The van der Waals surface area contributed by atoms with E-state index in [1.165, 1.54) is 0 Å². The van der Waals surface area contributed by atoms with Gasteiger partial charge in [0.1, 0.15) is 24.1 Å². The van der Waals surface area contributed by atoms with Crippen LogP contribution in [0, 0.1) is 11.3 Å². The molecule has 6 heteroatoms. The molecule has 1 unspecified atom stereocenters. The van der Waals surface area contributed by atoms with E-state index in [1.807, 2.05) is 63.2 Å². The Morgan fingerprint density at radius 1 is 1.24 bits per heavy atom. The first kappa shape index (κ1) is 20.7. The molecule has 1 aliphatic rings. The Morgan fingerprint density at radius 2 is 1.97 bits per heavy atom. The molecule has 1 aliphatic heterocycles. The number of nitriles is 1. The Bertz CT molecular complexity index is 877. The fourth-order valence-corrected chi connectivity index (χ4v) is 2.90. The summed E-state index contributed by atoms with van der Waals surface area (Å²) in [6.07, 6.45) is 0.234. The summed E-state index contributed by atoms with van der Waals surface area (Å²) in [5, 5.41) is 11.9. The Kier molecular flexibility index (Phi) is 6.40. The average Bonchev–Trinajstić information content (AvgIpc) is 3.51. The maximum Gasteiger partial charge on any atom is 0.407 e. The lowest BCUT2D eigenvalue weighted by Crippen LogP contribution is -2.43. The summed E-state index contributed by atoms with van der Waals surface area (Å²) < 4.78 is 16.5. The van der Waals surface area contributed by atoms with Crippen LogP contribution in [0.5, 0.6) is 5.75 Å². The third kappa shape index (κ3) is 6.81. The van der Waals surface area contributed by atoms with Crippen LogP contribution in [0.2, 0.25) is 0 Å². The minimum Gasteiger partial charge on any atom is -0.489 e. The predicted octanol–water partition coefficient (Wildman–Crippen LogP) is 3.97. The van der Waals surface area contributed by atoms with E-state index in [0.717, 1.165) is 16.9 Å². The normalized spacial score (nSPS) is 16.4. The summed E-state index contributed by atoms with van der Waals surface area (Å²) in [5.41, 5.74) is 2.10. The number of carbonyl (C=O) groups excluding carboxylic acids is 1. The number of nitrogens with one attached hydrogen (secondary N) is 1. The molecular weight excluding hydrogens is 368 g/mol. The molecule has 152 valence electrons. The van der Waals surface area contributed by atoms with Gasteiger partial charge in [-0.2, -0.15) is 5.26 Å². The largest absolute Gasteiger partial charge is 0.489 e. The molecule has 1 N–H and O–H groups in total. The fraction of sp³-hybridized carbons (Fsp3) is 0.391. The highest BCUT2D eigenvalue weighted by Crippen LogP contribution is 2.21. The topological polar surface area (TPSA) is 83.9 Å². The second-order valence-electron chi connectivity index (χ2n) is 8.07. The number of nitrogens with zero attached hydrogens (tertiary/aromatic N) is 1. The number of ether oxygens (including phenoxy) is 3. The van der Waals surface area contributed by atoms with Crippen LogP contribution in [-0.4, -0.2) is 30.4 Å². The maximum absolute atomic E-state index is 12.1. The Labute approximate surface area is 171 Å². The van der Waals surface area contributed by atoms with Crippen molar-refractivity contribution in [3.05, 3.63) is 65.2 Å². The molecule has 1 fully saturated rings. The molecule has 1 saturated heterocycles. The first-order chi connectivity index (χ1) is 13.8. The van der Waals surface area contributed by atoms with Crippen molar-refractivity contribution >= 4 is 6.09 Å². The molecule has 1 heterocycles. The summed E-state index contributed by atoms with van der Waals surface area (Å²) in [5.74, 6) is 0.746. The van der Waals surface area contributed by atoms with Crippen LogP contribution in [0.15, 0.2) is 48.5 Å². The Hall–Kier alpha value is -3.04. The van der Waals surface area contributed by atoms with Gasteiger partial charge in [0.15, 0.2) is 0 Å². The van der Waals surface area contributed by atoms with E-state index < -0.39 is 11.7 Å². The summed E-state index contributed by atoms with van der Waals surface area (Å²) in [6.45, 7) is 6.55. The minimum atomic E-state index is -0.537. The predicted molar refractivity (Wildman–Crippen MR) is 109 cm³/mol. The van der Waals surface area contributed by atoms with Gasteiger partial charge in [-0.1, -0.05) is 24.3 Å². The third-order valence-electron chi connectivity index (χ3n) is 4.35. The molecule has 29 heavy (non-hydrogen) atoms. The lowest BCUT2D eigenvalue weighted by atomic mass is 10.0. The summed E-state index contributed by atoms with van der Waals surface area (Å²) in [7, 11) is 0. The van der Waals surface area contributed by atoms with Gasteiger partial charge in [-0.25, -0.2) is 4.79 Å². The van der Waals surface area contributed by atoms with Crippen molar-refractivity contribution in [1.29, 1.82) is 5.26 Å². The van der Waals surface area contributed by atoms with Crippen molar-refractivity contribution in [2.45, 2.75) is 51.5 Å². The molecule has 3 rings (SSSR count). The number of hydrogen-bond acceptors (Lipinski definition) is 5. The van der Waals surface area contributed by atoms with Crippen molar-refractivity contribution in [3.63, 3.8) is 0 Å². The van der Waals surface area contributed by atoms with Gasteiger partial charge in [0.2, 0.25) is 0 Å². The second kappa shape index (κ2) is 8.97. The molecule has 0 spiro atoms. The molecule has 0 radical (unpaired) electrons. The summed E-state index contributed by atoms with van der Waals surface area (Å²) in [6, 6.07) is 17.1. The zero-order chi connectivity index (χ0) is 20.9. The lowest BCUT2D eigenvalue weighted by Gasteiger charge is -2.23. The molecule has 2 atom stereocenters. The van der Waals surface area contributed by atoms with Crippen LogP contribution >= 0.6 is 0 Å².